The van der Waals surface area contributed by atoms with E-state index in [4.69, 9.17) is 11.6 Å². The van der Waals surface area contributed by atoms with Crippen LogP contribution in [-0.2, 0) is 4.79 Å². The number of hydrogen-bond donors (Lipinski definition) is 1. The molecule has 5 nitrogen and oxygen atoms in total. The lowest BCUT2D eigenvalue weighted by Gasteiger charge is -2.34. The van der Waals surface area contributed by atoms with Crippen LogP contribution in [0.15, 0.2) is 42.5 Å². The van der Waals surface area contributed by atoms with Crippen molar-refractivity contribution in [2.75, 3.05) is 38.0 Å². The molecule has 0 aliphatic carbocycles. The summed E-state index contributed by atoms with van der Waals surface area (Å²) in [6.45, 7) is 2.84. The first-order valence-corrected chi connectivity index (χ1v) is 9.32. The average molecular weight is 408 g/mol. The summed E-state index contributed by atoms with van der Waals surface area (Å²) in [6, 6.07) is 9.35. The van der Waals surface area contributed by atoms with Crippen molar-refractivity contribution in [3.63, 3.8) is 0 Å². The zero-order valence-corrected chi connectivity index (χ0v) is 15.9. The van der Waals surface area contributed by atoms with Crippen molar-refractivity contribution >= 4 is 29.1 Å². The number of amides is 2. The first kappa shape index (κ1) is 20.2. The molecule has 0 saturated carbocycles. The number of carbonyl (C=O) groups is 2. The van der Waals surface area contributed by atoms with E-state index in [2.05, 4.69) is 10.2 Å². The molecule has 1 aliphatic heterocycles. The average Bonchev–Trinajstić information content (AvgIpc) is 2.68. The van der Waals surface area contributed by atoms with Crippen LogP contribution in [0.25, 0.3) is 0 Å². The van der Waals surface area contributed by atoms with Crippen molar-refractivity contribution in [1.29, 1.82) is 0 Å². The largest absolute Gasteiger partial charge is 0.336 e. The van der Waals surface area contributed by atoms with Gasteiger partial charge in [-0.1, -0.05) is 11.6 Å². The summed E-state index contributed by atoms with van der Waals surface area (Å²) in [4.78, 5) is 28.3. The molecule has 3 rings (SSSR count). The van der Waals surface area contributed by atoms with E-state index in [-0.39, 0.29) is 28.2 Å². The predicted octanol–water partition coefficient (Wildman–Crippen LogP) is 3.40. The van der Waals surface area contributed by atoms with Gasteiger partial charge in [0, 0.05) is 44.8 Å². The number of piperazine rings is 1. The Balaban J connectivity index is 1.44. The third-order valence-corrected chi connectivity index (χ3v) is 4.92. The minimum Gasteiger partial charge on any atom is -0.336 e. The fraction of sp³-hybridized carbons (Fsp3) is 0.300. The standard InChI is InChI=1S/C20H20ClF2N3O2/c21-18-13-15(23)3-6-17(18)20(28)26-11-9-25(10-12-26)8-7-19(27)24-16-4-1-14(22)2-5-16/h1-6,13H,7-12H2,(H,24,27). The summed E-state index contributed by atoms with van der Waals surface area (Å²) >= 11 is 5.97. The maximum absolute atomic E-state index is 13.1. The molecule has 0 aromatic heterocycles. The van der Waals surface area contributed by atoms with Gasteiger partial charge in [-0.15, -0.1) is 0 Å². The molecule has 2 amide bonds. The molecule has 1 aliphatic rings. The molecule has 0 spiro atoms. The Morgan fingerprint density at radius 1 is 0.964 bits per heavy atom. The van der Waals surface area contributed by atoms with E-state index in [1.807, 2.05) is 0 Å². The molecule has 2 aromatic carbocycles. The van der Waals surface area contributed by atoms with E-state index in [0.29, 0.717) is 44.8 Å². The highest BCUT2D eigenvalue weighted by Gasteiger charge is 2.24. The molecule has 0 unspecified atom stereocenters. The predicted molar refractivity (Wildman–Crippen MR) is 103 cm³/mol. The van der Waals surface area contributed by atoms with Crippen LogP contribution < -0.4 is 5.32 Å². The topological polar surface area (TPSA) is 52.7 Å². The van der Waals surface area contributed by atoms with Gasteiger partial charge in [-0.3, -0.25) is 14.5 Å². The second kappa shape index (κ2) is 9.12. The fourth-order valence-electron chi connectivity index (χ4n) is 3.02. The second-order valence-corrected chi connectivity index (χ2v) is 6.97. The molecular weight excluding hydrogens is 388 g/mol. The number of halogens is 3. The van der Waals surface area contributed by atoms with Crippen molar-refractivity contribution in [2.45, 2.75) is 6.42 Å². The van der Waals surface area contributed by atoms with Crippen LogP contribution in [0.5, 0.6) is 0 Å². The highest BCUT2D eigenvalue weighted by molar-refractivity contribution is 6.33. The van der Waals surface area contributed by atoms with Gasteiger partial charge in [0.05, 0.1) is 10.6 Å². The normalized spacial score (nSPS) is 14.8. The quantitative estimate of drug-likeness (QED) is 0.826. The van der Waals surface area contributed by atoms with Crippen molar-refractivity contribution in [3.05, 3.63) is 64.7 Å². The molecule has 1 fully saturated rings. The van der Waals surface area contributed by atoms with Crippen molar-refractivity contribution < 1.29 is 18.4 Å². The van der Waals surface area contributed by atoms with Gasteiger partial charge < -0.3 is 10.2 Å². The van der Waals surface area contributed by atoms with Crippen LogP contribution in [0, 0.1) is 11.6 Å². The van der Waals surface area contributed by atoms with E-state index in [1.54, 1.807) is 4.90 Å². The van der Waals surface area contributed by atoms with Crippen LogP contribution >= 0.6 is 11.6 Å². The molecule has 2 aromatic rings. The van der Waals surface area contributed by atoms with Crippen molar-refractivity contribution in [3.8, 4) is 0 Å². The fourth-order valence-corrected chi connectivity index (χ4v) is 3.27. The first-order chi connectivity index (χ1) is 13.4. The number of rotatable bonds is 5. The smallest absolute Gasteiger partial charge is 0.255 e. The zero-order chi connectivity index (χ0) is 20.1. The van der Waals surface area contributed by atoms with E-state index in [1.165, 1.54) is 36.4 Å². The van der Waals surface area contributed by atoms with Crippen LogP contribution in [0.4, 0.5) is 14.5 Å². The Morgan fingerprint density at radius 2 is 1.61 bits per heavy atom. The Hall–Kier alpha value is -2.51. The summed E-state index contributed by atoms with van der Waals surface area (Å²) in [5.74, 6) is -1.21. The summed E-state index contributed by atoms with van der Waals surface area (Å²) < 4.78 is 26.0. The lowest BCUT2D eigenvalue weighted by Crippen LogP contribution is -2.49. The molecule has 8 heteroatoms. The van der Waals surface area contributed by atoms with Gasteiger partial charge in [0.15, 0.2) is 0 Å². The highest BCUT2D eigenvalue weighted by atomic mass is 35.5. The number of anilines is 1. The van der Waals surface area contributed by atoms with Crippen molar-refractivity contribution in [2.24, 2.45) is 0 Å². The molecule has 0 radical (unpaired) electrons. The molecule has 1 saturated heterocycles. The lowest BCUT2D eigenvalue weighted by molar-refractivity contribution is -0.116. The van der Waals surface area contributed by atoms with E-state index >= 15 is 0 Å². The molecule has 0 atom stereocenters. The van der Waals surface area contributed by atoms with Crippen LogP contribution in [-0.4, -0.2) is 54.3 Å². The van der Waals surface area contributed by atoms with Crippen molar-refractivity contribution in [1.82, 2.24) is 9.80 Å². The SMILES string of the molecule is O=C(CCN1CCN(C(=O)c2ccc(F)cc2Cl)CC1)Nc1ccc(F)cc1. The minimum absolute atomic E-state index is 0.102. The van der Waals surface area contributed by atoms with Gasteiger partial charge in [-0.05, 0) is 42.5 Å². The minimum atomic E-state index is -0.481. The summed E-state index contributed by atoms with van der Waals surface area (Å²) in [5, 5.41) is 2.83. The van der Waals surface area contributed by atoms with Crippen LogP contribution in [0.1, 0.15) is 16.8 Å². The third kappa shape index (κ3) is 5.27. The van der Waals surface area contributed by atoms with Gasteiger partial charge in [0.25, 0.3) is 5.91 Å². The Labute approximate surface area is 166 Å². The lowest BCUT2D eigenvalue weighted by atomic mass is 10.1. The summed E-state index contributed by atoms with van der Waals surface area (Å²) in [7, 11) is 0. The number of nitrogens with zero attached hydrogens (tertiary/aromatic N) is 2. The number of benzene rings is 2. The van der Waals surface area contributed by atoms with Crippen LogP contribution in [0.2, 0.25) is 5.02 Å². The highest BCUT2D eigenvalue weighted by Crippen LogP contribution is 2.20. The Kier molecular flexibility index (Phi) is 6.59. The molecule has 1 N–H and O–H groups in total. The number of nitrogens with one attached hydrogen (secondary N) is 1. The van der Waals surface area contributed by atoms with Gasteiger partial charge in [-0.2, -0.15) is 0 Å². The van der Waals surface area contributed by atoms with Gasteiger partial charge in [-0.25, -0.2) is 8.78 Å². The Morgan fingerprint density at radius 3 is 2.25 bits per heavy atom. The number of carbonyl (C=O) groups excluding carboxylic acids is 2. The third-order valence-electron chi connectivity index (χ3n) is 4.60. The molecule has 0 bridgehead atoms. The second-order valence-electron chi connectivity index (χ2n) is 6.56. The van der Waals surface area contributed by atoms with E-state index in [0.717, 1.165) is 6.07 Å². The number of hydrogen-bond acceptors (Lipinski definition) is 3. The Bertz CT molecular complexity index is 853. The molecule has 1 heterocycles. The van der Waals surface area contributed by atoms with E-state index in [9.17, 15) is 18.4 Å². The van der Waals surface area contributed by atoms with Gasteiger partial charge in [0.2, 0.25) is 5.91 Å². The van der Waals surface area contributed by atoms with Crippen LogP contribution in [0.3, 0.4) is 0 Å². The molecule has 28 heavy (non-hydrogen) atoms. The monoisotopic (exact) mass is 407 g/mol. The maximum Gasteiger partial charge on any atom is 0.255 e. The molecular formula is C20H20ClF2N3O2. The maximum atomic E-state index is 13.1. The zero-order valence-electron chi connectivity index (χ0n) is 15.1. The summed E-state index contributed by atoms with van der Waals surface area (Å²) in [6.07, 6.45) is 0.301. The van der Waals surface area contributed by atoms with Gasteiger partial charge >= 0.3 is 0 Å². The molecule has 148 valence electrons. The summed E-state index contributed by atoms with van der Waals surface area (Å²) in [5.41, 5.74) is 0.841. The first-order valence-electron chi connectivity index (χ1n) is 8.94. The van der Waals surface area contributed by atoms with Gasteiger partial charge in [0.1, 0.15) is 11.6 Å². The van der Waals surface area contributed by atoms with E-state index < -0.39 is 5.82 Å².